The van der Waals surface area contributed by atoms with E-state index >= 15 is 0 Å². The summed E-state index contributed by atoms with van der Waals surface area (Å²) < 4.78 is 2.99. The van der Waals surface area contributed by atoms with Crippen LogP contribution in [0, 0.1) is 6.92 Å². The predicted octanol–water partition coefficient (Wildman–Crippen LogP) is 1.08. The number of nitrogens with one attached hydrogen (secondary N) is 1. The molecule has 0 saturated heterocycles. The number of rotatable bonds is 3. The number of hydrogen-bond donors (Lipinski definition) is 1. The summed E-state index contributed by atoms with van der Waals surface area (Å²) >= 11 is 0. The molecule has 0 unspecified atom stereocenters. The molecule has 112 valence electrons. The van der Waals surface area contributed by atoms with E-state index in [9.17, 15) is 9.59 Å². The minimum absolute atomic E-state index is 0.0773. The molecule has 0 radical (unpaired) electrons. The molecule has 7 nitrogen and oxygen atoms in total. The first-order valence-corrected chi connectivity index (χ1v) is 6.79. The maximum Gasteiger partial charge on any atom is 0.269 e. The van der Waals surface area contributed by atoms with Crippen LogP contribution < -0.4 is 10.9 Å². The Hall–Kier alpha value is -2.96. The molecule has 0 bridgehead atoms. The second-order valence-corrected chi connectivity index (χ2v) is 5.01. The molecule has 2 aromatic heterocycles. The highest BCUT2D eigenvalue weighted by atomic mass is 16.2. The van der Waals surface area contributed by atoms with Gasteiger partial charge in [0.05, 0.1) is 22.9 Å². The first kappa shape index (κ1) is 14.0. The molecule has 1 amide bonds. The van der Waals surface area contributed by atoms with Crippen molar-refractivity contribution in [3.8, 4) is 0 Å². The van der Waals surface area contributed by atoms with Crippen LogP contribution in [0.1, 0.15) is 5.69 Å². The molecular weight excluding hydrogens is 282 g/mol. The quantitative estimate of drug-likeness (QED) is 0.784. The zero-order chi connectivity index (χ0) is 15.7. The third-order valence-electron chi connectivity index (χ3n) is 3.32. The topological polar surface area (TPSA) is 81.8 Å². The lowest BCUT2D eigenvalue weighted by atomic mass is 10.3. The maximum absolute atomic E-state index is 12.2. The first-order valence-electron chi connectivity index (χ1n) is 6.79. The molecule has 0 aliphatic carbocycles. The van der Waals surface area contributed by atoms with Gasteiger partial charge < -0.3 is 5.32 Å². The lowest BCUT2D eigenvalue weighted by Crippen LogP contribution is -2.28. The Bertz CT molecular complexity index is 910. The van der Waals surface area contributed by atoms with Crippen LogP contribution in [0.2, 0.25) is 0 Å². The van der Waals surface area contributed by atoms with Crippen LogP contribution in [0.5, 0.6) is 0 Å². The van der Waals surface area contributed by atoms with Crippen molar-refractivity contribution in [2.45, 2.75) is 13.5 Å². The fraction of sp³-hybridized carbons (Fsp3) is 0.200. The van der Waals surface area contributed by atoms with Crippen LogP contribution in [-0.2, 0) is 18.4 Å². The van der Waals surface area contributed by atoms with Crippen LogP contribution in [0.4, 0.5) is 5.82 Å². The SMILES string of the molecule is Cc1cc(NC(=O)Cn2c(=O)cnc3ccccc32)n(C)n1. The van der Waals surface area contributed by atoms with Crippen molar-refractivity contribution in [3.05, 3.63) is 52.6 Å². The number of benzene rings is 1. The minimum Gasteiger partial charge on any atom is -0.309 e. The molecule has 1 aromatic carbocycles. The van der Waals surface area contributed by atoms with E-state index in [1.807, 2.05) is 19.1 Å². The number of fused-ring (bicyclic) bond motifs is 1. The van der Waals surface area contributed by atoms with Gasteiger partial charge in [-0.1, -0.05) is 12.1 Å². The van der Waals surface area contributed by atoms with Gasteiger partial charge in [-0.25, -0.2) is 4.98 Å². The molecule has 0 aliphatic rings. The van der Waals surface area contributed by atoms with Crippen molar-refractivity contribution < 1.29 is 4.79 Å². The van der Waals surface area contributed by atoms with E-state index in [2.05, 4.69) is 15.4 Å². The van der Waals surface area contributed by atoms with Crippen LogP contribution in [0.25, 0.3) is 11.0 Å². The Balaban J connectivity index is 1.90. The van der Waals surface area contributed by atoms with Crippen molar-refractivity contribution in [1.29, 1.82) is 0 Å². The van der Waals surface area contributed by atoms with E-state index in [0.717, 1.165) is 5.69 Å². The standard InChI is InChI=1S/C15H15N5O2/c1-10-7-13(19(2)18-10)17-14(21)9-20-12-6-4-3-5-11(12)16-8-15(20)22/h3-8H,9H2,1-2H3,(H,17,21). The van der Waals surface area contributed by atoms with E-state index in [0.29, 0.717) is 16.9 Å². The zero-order valence-electron chi connectivity index (χ0n) is 12.3. The molecule has 0 fully saturated rings. The van der Waals surface area contributed by atoms with Crippen molar-refractivity contribution in [2.75, 3.05) is 5.32 Å². The number of hydrogen-bond acceptors (Lipinski definition) is 4. The van der Waals surface area contributed by atoms with E-state index < -0.39 is 0 Å². The molecule has 7 heteroatoms. The maximum atomic E-state index is 12.2. The van der Waals surface area contributed by atoms with Crippen molar-refractivity contribution in [2.24, 2.45) is 7.05 Å². The number of aromatic nitrogens is 4. The molecule has 1 N–H and O–H groups in total. The molecule has 0 atom stereocenters. The van der Waals surface area contributed by atoms with E-state index in [1.54, 1.807) is 29.9 Å². The molecule has 3 rings (SSSR count). The average molecular weight is 297 g/mol. The van der Waals surface area contributed by atoms with Crippen LogP contribution in [0.3, 0.4) is 0 Å². The van der Waals surface area contributed by atoms with Crippen LogP contribution in [0.15, 0.2) is 41.3 Å². The number of nitrogens with zero attached hydrogens (tertiary/aromatic N) is 4. The van der Waals surface area contributed by atoms with Gasteiger partial charge >= 0.3 is 0 Å². The highest BCUT2D eigenvalue weighted by Gasteiger charge is 2.11. The fourth-order valence-electron chi connectivity index (χ4n) is 2.33. The summed E-state index contributed by atoms with van der Waals surface area (Å²) in [5.74, 6) is 0.301. The summed E-state index contributed by atoms with van der Waals surface area (Å²) in [6, 6.07) is 8.98. The van der Waals surface area contributed by atoms with Gasteiger partial charge in [0.2, 0.25) is 5.91 Å². The monoisotopic (exact) mass is 297 g/mol. The Kier molecular flexibility index (Phi) is 3.46. The third-order valence-corrected chi connectivity index (χ3v) is 3.32. The molecule has 0 spiro atoms. The smallest absolute Gasteiger partial charge is 0.269 e. The van der Waals surface area contributed by atoms with Crippen molar-refractivity contribution >= 4 is 22.8 Å². The third kappa shape index (κ3) is 2.60. The largest absolute Gasteiger partial charge is 0.309 e. The summed E-state index contributed by atoms with van der Waals surface area (Å²) in [4.78, 5) is 28.3. The Morgan fingerprint density at radius 3 is 2.82 bits per heavy atom. The number of carbonyl (C=O) groups excluding carboxylic acids is 1. The highest BCUT2D eigenvalue weighted by Crippen LogP contribution is 2.10. The summed E-state index contributed by atoms with van der Waals surface area (Å²) in [7, 11) is 1.75. The molecule has 2 heterocycles. The van der Waals surface area contributed by atoms with E-state index in [4.69, 9.17) is 0 Å². The Labute approximate surface area is 126 Å². The molecule has 3 aromatic rings. The number of carbonyl (C=O) groups is 1. The predicted molar refractivity (Wildman–Crippen MR) is 82.6 cm³/mol. The van der Waals surface area contributed by atoms with Gasteiger partial charge in [0.15, 0.2) is 0 Å². The minimum atomic E-state index is -0.310. The Morgan fingerprint density at radius 2 is 2.09 bits per heavy atom. The van der Waals surface area contributed by atoms with E-state index in [1.165, 1.54) is 10.8 Å². The summed E-state index contributed by atoms with van der Waals surface area (Å²) in [6.07, 6.45) is 1.23. The first-order chi connectivity index (χ1) is 10.5. The van der Waals surface area contributed by atoms with Crippen molar-refractivity contribution in [1.82, 2.24) is 19.3 Å². The highest BCUT2D eigenvalue weighted by molar-refractivity contribution is 5.90. The number of amides is 1. The fourth-order valence-corrected chi connectivity index (χ4v) is 2.33. The second kappa shape index (κ2) is 5.44. The number of aryl methyl sites for hydroxylation is 2. The van der Waals surface area contributed by atoms with Crippen LogP contribution in [-0.4, -0.2) is 25.2 Å². The van der Waals surface area contributed by atoms with E-state index in [-0.39, 0.29) is 18.0 Å². The number of para-hydroxylation sites is 2. The second-order valence-electron chi connectivity index (χ2n) is 5.01. The van der Waals surface area contributed by atoms with Gasteiger partial charge in [-0.15, -0.1) is 0 Å². The average Bonchev–Trinajstić information content (AvgIpc) is 2.80. The van der Waals surface area contributed by atoms with Gasteiger partial charge in [0.25, 0.3) is 5.56 Å². The molecule has 0 saturated carbocycles. The molecule has 0 aliphatic heterocycles. The number of anilines is 1. The molecular formula is C15H15N5O2. The van der Waals surface area contributed by atoms with Crippen molar-refractivity contribution in [3.63, 3.8) is 0 Å². The summed E-state index contributed by atoms with van der Waals surface area (Å²) in [5.41, 5.74) is 1.80. The molecule has 22 heavy (non-hydrogen) atoms. The lowest BCUT2D eigenvalue weighted by molar-refractivity contribution is -0.116. The van der Waals surface area contributed by atoms with Gasteiger partial charge in [0, 0.05) is 13.1 Å². The van der Waals surface area contributed by atoms with Crippen LogP contribution >= 0.6 is 0 Å². The summed E-state index contributed by atoms with van der Waals surface area (Å²) in [6.45, 7) is 1.77. The summed E-state index contributed by atoms with van der Waals surface area (Å²) in [5, 5.41) is 6.91. The zero-order valence-corrected chi connectivity index (χ0v) is 12.3. The van der Waals surface area contributed by atoms with Gasteiger partial charge in [0.1, 0.15) is 12.4 Å². The lowest BCUT2D eigenvalue weighted by Gasteiger charge is -2.10. The van der Waals surface area contributed by atoms with Gasteiger partial charge in [-0.2, -0.15) is 5.10 Å². The van der Waals surface area contributed by atoms with Gasteiger partial charge in [-0.05, 0) is 19.1 Å². The van der Waals surface area contributed by atoms with Gasteiger partial charge in [-0.3, -0.25) is 18.8 Å². The Morgan fingerprint density at radius 1 is 1.32 bits per heavy atom. The normalized spacial score (nSPS) is 10.8.